The summed E-state index contributed by atoms with van der Waals surface area (Å²) >= 11 is 0. The number of carbonyl (C=O) groups excluding carboxylic acids is 1. The van der Waals surface area contributed by atoms with Gasteiger partial charge < -0.3 is 5.32 Å². The molecule has 1 N–H and O–H groups in total. The van der Waals surface area contributed by atoms with Gasteiger partial charge in [0, 0.05) is 13.0 Å². The summed E-state index contributed by atoms with van der Waals surface area (Å²) in [5.41, 5.74) is 2.31. The van der Waals surface area contributed by atoms with E-state index in [1.165, 1.54) is 0 Å². The molecule has 2 rings (SSSR count). The second kappa shape index (κ2) is 5.87. The summed E-state index contributed by atoms with van der Waals surface area (Å²) in [6.07, 6.45) is 7.25. The first-order valence-electron chi connectivity index (χ1n) is 6.05. The van der Waals surface area contributed by atoms with Crippen LogP contribution in [0.4, 0.5) is 0 Å². The van der Waals surface area contributed by atoms with Crippen molar-refractivity contribution in [3.63, 3.8) is 0 Å². The maximum atomic E-state index is 12.0. The molecule has 96 valence electrons. The maximum Gasteiger partial charge on any atom is 0.254 e. The van der Waals surface area contributed by atoms with Crippen LogP contribution >= 0.6 is 0 Å². The fourth-order valence-electron chi connectivity index (χ4n) is 1.81. The average Bonchev–Trinajstić information content (AvgIpc) is 2.82. The molecule has 1 aromatic carbocycles. The zero-order valence-electron chi connectivity index (χ0n) is 10.8. The Morgan fingerprint density at radius 3 is 2.84 bits per heavy atom. The molecule has 1 amide bonds. The van der Waals surface area contributed by atoms with Crippen LogP contribution in [0.3, 0.4) is 0 Å². The van der Waals surface area contributed by atoms with E-state index in [-0.39, 0.29) is 5.91 Å². The minimum atomic E-state index is -0.144. The van der Waals surface area contributed by atoms with Gasteiger partial charge in [0.2, 0.25) is 0 Å². The minimum absolute atomic E-state index is 0.144. The third-order valence-electron chi connectivity index (χ3n) is 2.81. The Balaban J connectivity index is 2.19. The molecule has 0 radical (unpaired) electrons. The summed E-state index contributed by atoms with van der Waals surface area (Å²) in [7, 11) is 0. The van der Waals surface area contributed by atoms with Crippen LogP contribution in [0, 0.1) is 19.3 Å². The predicted molar refractivity (Wildman–Crippen MR) is 74.1 cm³/mol. The second-order valence-electron chi connectivity index (χ2n) is 4.10. The van der Waals surface area contributed by atoms with Crippen LogP contribution in [0.1, 0.15) is 22.5 Å². The Morgan fingerprint density at radius 1 is 1.42 bits per heavy atom. The van der Waals surface area contributed by atoms with Gasteiger partial charge in [-0.1, -0.05) is 18.2 Å². The Bertz CT molecular complexity index is 608. The molecule has 0 saturated heterocycles. The Kier molecular flexibility index (Phi) is 3.99. The first kappa shape index (κ1) is 12.9. The number of rotatable bonds is 4. The van der Waals surface area contributed by atoms with Crippen LogP contribution in [0.5, 0.6) is 0 Å². The van der Waals surface area contributed by atoms with Crippen molar-refractivity contribution in [3.8, 4) is 18.0 Å². The predicted octanol–water partition coefficient (Wildman–Crippen LogP) is 1.93. The van der Waals surface area contributed by atoms with Crippen molar-refractivity contribution in [2.75, 3.05) is 6.54 Å². The van der Waals surface area contributed by atoms with Crippen molar-refractivity contribution in [1.82, 2.24) is 15.1 Å². The smallest absolute Gasteiger partial charge is 0.254 e. The van der Waals surface area contributed by atoms with E-state index in [1.807, 2.05) is 37.3 Å². The van der Waals surface area contributed by atoms with Gasteiger partial charge in [-0.3, -0.25) is 4.79 Å². The number of hydrogen-bond donors (Lipinski definition) is 1. The molecule has 0 atom stereocenters. The van der Waals surface area contributed by atoms with Crippen LogP contribution < -0.4 is 5.32 Å². The van der Waals surface area contributed by atoms with Gasteiger partial charge in [0.15, 0.2) is 0 Å². The molecule has 0 aliphatic carbocycles. The van der Waals surface area contributed by atoms with E-state index in [9.17, 15) is 4.79 Å². The van der Waals surface area contributed by atoms with E-state index in [1.54, 1.807) is 10.9 Å². The number of nitrogens with one attached hydrogen (secondary N) is 1. The highest BCUT2D eigenvalue weighted by atomic mass is 16.1. The third kappa shape index (κ3) is 2.83. The van der Waals surface area contributed by atoms with E-state index >= 15 is 0 Å². The van der Waals surface area contributed by atoms with Crippen molar-refractivity contribution in [2.45, 2.75) is 13.3 Å². The highest BCUT2D eigenvalue weighted by molar-refractivity contribution is 5.95. The molecule has 1 aromatic heterocycles. The van der Waals surface area contributed by atoms with Crippen molar-refractivity contribution in [1.29, 1.82) is 0 Å². The van der Waals surface area contributed by atoms with Gasteiger partial charge in [0.25, 0.3) is 5.91 Å². The molecule has 1 heterocycles. The van der Waals surface area contributed by atoms with Crippen LogP contribution in [-0.2, 0) is 0 Å². The average molecular weight is 253 g/mol. The zero-order valence-corrected chi connectivity index (χ0v) is 10.8. The van der Waals surface area contributed by atoms with Crippen molar-refractivity contribution < 1.29 is 4.79 Å². The summed E-state index contributed by atoms with van der Waals surface area (Å²) in [6, 6.07) is 9.70. The summed E-state index contributed by atoms with van der Waals surface area (Å²) in [4.78, 5) is 12.0. The number of nitrogens with zero attached hydrogens (tertiary/aromatic N) is 2. The van der Waals surface area contributed by atoms with E-state index < -0.39 is 0 Å². The molecule has 0 spiro atoms. The highest BCUT2D eigenvalue weighted by Crippen LogP contribution is 2.13. The number of para-hydroxylation sites is 1. The molecule has 4 nitrogen and oxygen atoms in total. The standard InChI is InChI=1S/C15H15N3O/c1-3-4-10-16-15(19)14-11-17-18(12(14)2)13-8-6-5-7-9-13/h1,5-9,11H,4,10H2,2H3,(H,16,19). The second-order valence-corrected chi connectivity index (χ2v) is 4.10. The molecule has 0 saturated carbocycles. The van der Waals surface area contributed by atoms with E-state index in [0.29, 0.717) is 18.5 Å². The molecular weight excluding hydrogens is 238 g/mol. The monoisotopic (exact) mass is 253 g/mol. The molecule has 19 heavy (non-hydrogen) atoms. The Hall–Kier alpha value is -2.54. The maximum absolute atomic E-state index is 12.0. The number of aromatic nitrogens is 2. The minimum Gasteiger partial charge on any atom is -0.351 e. The lowest BCUT2D eigenvalue weighted by Gasteiger charge is -2.05. The number of carbonyl (C=O) groups is 1. The fourth-order valence-corrected chi connectivity index (χ4v) is 1.81. The quantitative estimate of drug-likeness (QED) is 0.668. The first-order chi connectivity index (χ1) is 9.24. The summed E-state index contributed by atoms with van der Waals surface area (Å²) < 4.78 is 1.75. The van der Waals surface area contributed by atoms with Crippen molar-refractivity contribution in [3.05, 3.63) is 47.8 Å². The van der Waals surface area contributed by atoms with Gasteiger partial charge in [0.05, 0.1) is 23.1 Å². The SMILES string of the molecule is C#CCCNC(=O)c1cnn(-c2ccccc2)c1C. The van der Waals surface area contributed by atoms with E-state index in [4.69, 9.17) is 6.42 Å². The van der Waals surface area contributed by atoms with Gasteiger partial charge in [-0.15, -0.1) is 12.3 Å². The lowest BCUT2D eigenvalue weighted by Crippen LogP contribution is -2.24. The van der Waals surface area contributed by atoms with Crippen molar-refractivity contribution >= 4 is 5.91 Å². The van der Waals surface area contributed by atoms with Crippen LogP contribution in [-0.4, -0.2) is 22.2 Å². The largest absolute Gasteiger partial charge is 0.351 e. The third-order valence-corrected chi connectivity index (χ3v) is 2.81. The lowest BCUT2D eigenvalue weighted by atomic mass is 10.2. The molecule has 0 bridgehead atoms. The Morgan fingerprint density at radius 2 is 2.16 bits per heavy atom. The highest BCUT2D eigenvalue weighted by Gasteiger charge is 2.14. The van der Waals surface area contributed by atoms with E-state index in [0.717, 1.165) is 11.4 Å². The number of benzene rings is 1. The number of amides is 1. The molecule has 0 aliphatic heterocycles. The summed E-state index contributed by atoms with van der Waals surface area (Å²) in [5, 5.41) is 7.02. The topological polar surface area (TPSA) is 46.9 Å². The van der Waals surface area contributed by atoms with Crippen LogP contribution in [0.2, 0.25) is 0 Å². The van der Waals surface area contributed by atoms with Gasteiger partial charge >= 0.3 is 0 Å². The molecule has 0 unspecified atom stereocenters. The molecule has 2 aromatic rings. The normalized spacial score (nSPS) is 9.89. The molecule has 4 heteroatoms. The van der Waals surface area contributed by atoms with E-state index in [2.05, 4.69) is 16.3 Å². The summed E-state index contributed by atoms with van der Waals surface area (Å²) in [6.45, 7) is 2.35. The van der Waals surface area contributed by atoms with Gasteiger partial charge in [-0.2, -0.15) is 5.10 Å². The van der Waals surface area contributed by atoms with Crippen LogP contribution in [0.25, 0.3) is 5.69 Å². The van der Waals surface area contributed by atoms with Gasteiger partial charge in [0.1, 0.15) is 0 Å². The summed E-state index contributed by atoms with van der Waals surface area (Å²) in [5.74, 6) is 2.34. The molecule has 0 aliphatic rings. The zero-order chi connectivity index (χ0) is 13.7. The van der Waals surface area contributed by atoms with Gasteiger partial charge in [-0.05, 0) is 19.1 Å². The van der Waals surface area contributed by atoms with Gasteiger partial charge in [-0.25, -0.2) is 4.68 Å². The molecular formula is C15H15N3O. The van der Waals surface area contributed by atoms with Crippen molar-refractivity contribution in [2.24, 2.45) is 0 Å². The van der Waals surface area contributed by atoms with Crippen LogP contribution in [0.15, 0.2) is 36.5 Å². The lowest BCUT2D eigenvalue weighted by molar-refractivity contribution is 0.0954. The molecule has 0 fully saturated rings. The Labute approximate surface area is 112 Å². The number of terminal acetylenes is 1. The first-order valence-corrected chi connectivity index (χ1v) is 6.05. The fraction of sp³-hybridized carbons (Fsp3) is 0.200. The number of hydrogen-bond acceptors (Lipinski definition) is 2.